The molecule has 1 nitrogen and oxygen atoms in total. The van der Waals surface area contributed by atoms with Crippen molar-refractivity contribution >= 4 is 10.8 Å². The minimum Gasteiger partial charge on any atom is -0.207 e. The van der Waals surface area contributed by atoms with E-state index in [1.54, 1.807) is 18.2 Å². The maximum atomic E-state index is 13.4. The van der Waals surface area contributed by atoms with Crippen LogP contribution in [0.5, 0.6) is 0 Å². The lowest BCUT2D eigenvalue weighted by molar-refractivity contribution is -0.658. The van der Waals surface area contributed by atoms with Crippen molar-refractivity contribution in [1.29, 1.82) is 0 Å². The average molecular weight is 359 g/mol. The van der Waals surface area contributed by atoms with Crippen LogP contribution in [0.4, 0.5) is 4.39 Å². The van der Waals surface area contributed by atoms with Gasteiger partial charge in [0.05, 0.1) is 16.5 Å². The van der Waals surface area contributed by atoms with E-state index >= 15 is 0 Å². The van der Waals surface area contributed by atoms with Gasteiger partial charge in [0.1, 0.15) is 12.9 Å². The third-order valence-electron chi connectivity index (χ3n) is 5.11. The van der Waals surface area contributed by atoms with Crippen LogP contribution in [-0.4, -0.2) is 0 Å². The Kier molecular flexibility index (Phi) is 3.46. The molecule has 0 amide bonds. The van der Waals surface area contributed by atoms with Crippen LogP contribution >= 0.6 is 0 Å². The normalized spacial score (nSPS) is 13.3. The smallest absolute Gasteiger partial charge is 0.207 e. The zero-order chi connectivity index (χ0) is 21.6. The van der Waals surface area contributed by atoms with Gasteiger partial charge in [0.25, 0.3) is 0 Å². The zero-order valence-electron chi connectivity index (χ0n) is 18.7. The molecule has 27 heavy (non-hydrogen) atoms. The van der Waals surface area contributed by atoms with Crippen LogP contribution in [-0.2, 0) is 7.05 Å². The fourth-order valence-corrected chi connectivity index (χ4v) is 3.74. The Balaban J connectivity index is 2.06. The molecule has 0 aliphatic rings. The summed E-state index contributed by atoms with van der Waals surface area (Å²) >= 11 is 0. The Labute approximate surface area is 163 Å². The van der Waals surface area contributed by atoms with Crippen LogP contribution in [0.2, 0.25) is 0 Å². The zero-order valence-corrected chi connectivity index (χ0v) is 15.7. The van der Waals surface area contributed by atoms with Crippen LogP contribution in [0.25, 0.3) is 33.2 Å². The highest BCUT2D eigenvalue weighted by molar-refractivity contribution is 6.02. The lowest BCUT2D eigenvalue weighted by atomic mass is 9.92. The number of nitrogens with zero attached hydrogens (tertiary/aromatic N) is 1. The predicted molar refractivity (Wildman–Crippen MR) is 110 cm³/mol. The van der Waals surface area contributed by atoms with Gasteiger partial charge in [-0.25, -0.2) is 4.39 Å². The number of rotatable bonds is 2. The van der Waals surface area contributed by atoms with Crippen molar-refractivity contribution in [3.63, 3.8) is 0 Å². The molecule has 1 aromatic heterocycles. The quantitative estimate of drug-likeness (QED) is 0.383. The molecule has 2 heteroatoms. The summed E-state index contributed by atoms with van der Waals surface area (Å²) in [6.45, 7) is 1.62. The number of benzene rings is 3. The number of fused-ring (bicyclic) bond motifs is 1. The van der Waals surface area contributed by atoms with Gasteiger partial charge in [0.2, 0.25) is 5.69 Å². The first-order chi connectivity index (χ1) is 14.2. The Morgan fingerprint density at radius 3 is 2.30 bits per heavy atom. The summed E-state index contributed by atoms with van der Waals surface area (Å²) in [6, 6.07) is 18.3. The molecule has 134 valence electrons. The summed E-state index contributed by atoms with van der Waals surface area (Å²) in [5.41, 5.74) is 5.85. The van der Waals surface area contributed by atoms with Crippen LogP contribution in [0.3, 0.4) is 0 Å². The number of pyridine rings is 1. The Hall–Kier alpha value is -3.00. The molecule has 0 saturated carbocycles. The average Bonchev–Trinajstić information content (AvgIpc) is 2.69. The second-order valence-corrected chi connectivity index (χ2v) is 7.04. The lowest BCUT2D eigenvalue weighted by Crippen LogP contribution is -2.31. The monoisotopic (exact) mass is 359 g/mol. The molecule has 0 unspecified atom stereocenters. The van der Waals surface area contributed by atoms with Crippen LogP contribution in [0.15, 0.2) is 66.9 Å². The van der Waals surface area contributed by atoms with Gasteiger partial charge in [-0.15, -0.1) is 0 Å². The first-order valence-corrected chi connectivity index (χ1v) is 8.96. The highest BCUT2D eigenvalue weighted by atomic mass is 19.1. The summed E-state index contributed by atoms with van der Waals surface area (Å²) < 4.78 is 39.3. The van der Waals surface area contributed by atoms with E-state index in [4.69, 9.17) is 4.11 Å². The third kappa shape index (κ3) is 3.02. The van der Waals surface area contributed by atoms with Crippen LogP contribution in [0, 0.1) is 26.5 Å². The molecule has 4 aromatic rings. The van der Waals surface area contributed by atoms with Crippen molar-refractivity contribution < 1.29 is 13.1 Å². The number of hydrogen-bond donors (Lipinski definition) is 0. The highest BCUT2D eigenvalue weighted by Crippen LogP contribution is 2.35. The van der Waals surface area contributed by atoms with E-state index in [0.29, 0.717) is 5.56 Å². The van der Waals surface area contributed by atoms with E-state index in [-0.39, 0.29) is 5.82 Å². The maximum Gasteiger partial charge on any atom is 0.220 e. The highest BCUT2D eigenvalue weighted by Gasteiger charge is 2.21. The molecule has 0 fully saturated rings. The molecule has 0 aliphatic carbocycles. The molecule has 0 aliphatic heterocycles. The van der Waals surface area contributed by atoms with Gasteiger partial charge in [-0.05, 0) is 61.7 Å². The maximum absolute atomic E-state index is 13.4. The van der Waals surface area contributed by atoms with Crippen LogP contribution < -0.4 is 4.57 Å². The SMILES string of the molecule is [2H]C([2H])([2H])c1cc(C)cc(-c2c3ccccc3c(-c3ccc(F)cc3)c[n+]2C)c1C. The van der Waals surface area contributed by atoms with Gasteiger partial charge in [0, 0.05) is 9.50 Å². The molecule has 3 aromatic carbocycles. The fraction of sp³-hybridized carbons (Fsp3) is 0.160. The standard InChI is InChI=1S/C25H23FN/c1-16-13-17(2)18(3)23(14-16)25-22-8-6-5-7-21(22)24(15-27(25)4)19-9-11-20(26)12-10-19/h5-15H,1-4H3/q+1/i2D3. The summed E-state index contributed by atoms with van der Waals surface area (Å²) in [4.78, 5) is 0. The van der Waals surface area contributed by atoms with E-state index in [1.165, 1.54) is 12.1 Å². The van der Waals surface area contributed by atoms with Crippen molar-refractivity contribution in [2.75, 3.05) is 0 Å². The van der Waals surface area contributed by atoms with Crippen molar-refractivity contribution in [2.24, 2.45) is 7.05 Å². The van der Waals surface area contributed by atoms with Crippen molar-refractivity contribution in [2.45, 2.75) is 20.7 Å². The first kappa shape index (κ1) is 14.1. The number of hydrogen-bond acceptors (Lipinski definition) is 0. The summed E-state index contributed by atoms with van der Waals surface area (Å²) in [6.07, 6.45) is 2.03. The van der Waals surface area contributed by atoms with Gasteiger partial charge in [-0.3, -0.25) is 0 Å². The molecule has 0 spiro atoms. The van der Waals surface area contributed by atoms with Gasteiger partial charge in [-0.1, -0.05) is 42.0 Å². The van der Waals surface area contributed by atoms with E-state index in [1.807, 2.05) is 55.9 Å². The Morgan fingerprint density at radius 2 is 1.59 bits per heavy atom. The minimum atomic E-state index is -2.17. The second kappa shape index (κ2) is 6.62. The van der Waals surface area contributed by atoms with Crippen molar-refractivity contribution in [3.05, 3.63) is 89.4 Å². The van der Waals surface area contributed by atoms with Gasteiger partial charge >= 0.3 is 0 Å². The van der Waals surface area contributed by atoms with E-state index < -0.39 is 6.85 Å². The largest absolute Gasteiger partial charge is 0.220 e. The molecule has 0 atom stereocenters. The summed E-state index contributed by atoms with van der Waals surface area (Å²) in [5, 5.41) is 2.06. The first-order valence-electron chi connectivity index (χ1n) is 10.5. The minimum absolute atomic E-state index is 0.267. The molecule has 0 N–H and O–H groups in total. The molecule has 0 bridgehead atoms. The lowest BCUT2D eigenvalue weighted by Gasteiger charge is -2.13. The van der Waals surface area contributed by atoms with Crippen molar-refractivity contribution in [3.8, 4) is 22.4 Å². The number of halogens is 1. The molecule has 1 heterocycles. The molecule has 0 radical (unpaired) electrons. The van der Waals surface area contributed by atoms with Crippen molar-refractivity contribution in [1.82, 2.24) is 0 Å². The second-order valence-electron chi connectivity index (χ2n) is 7.04. The van der Waals surface area contributed by atoms with E-state index in [9.17, 15) is 4.39 Å². The predicted octanol–water partition coefficient (Wildman–Crippen LogP) is 6.06. The molecule has 0 saturated heterocycles. The van der Waals surface area contributed by atoms with E-state index in [2.05, 4.69) is 6.07 Å². The topological polar surface area (TPSA) is 3.88 Å². The number of aryl methyl sites for hydroxylation is 3. The fourth-order valence-electron chi connectivity index (χ4n) is 3.74. The molecular formula is C25H23FN+. The van der Waals surface area contributed by atoms with E-state index in [0.717, 1.165) is 44.3 Å². The number of aromatic nitrogens is 1. The Morgan fingerprint density at radius 1 is 0.889 bits per heavy atom. The summed E-state index contributed by atoms with van der Waals surface area (Å²) in [5.74, 6) is -0.267. The summed E-state index contributed by atoms with van der Waals surface area (Å²) in [7, 11) is 1.96. The van der Waals surface area contributed by atoms with Crippen LogP contribution in [0.1, 0.15) is 20.8 Å². The van der Waals surface area contributed by atoms with Gasteiger partial charge in [-0.2, -0.15) is 4.57 Å². The van der Waals surface area contributed by atoms with Gasteiger partial charge < -0.3 is 0 Å². The van der Waals surface area contributed by atoms with Gasteiger partial charge in [0.15, 0.2) is 6.20 Å². The molecule has 4 rings (SSSR count). The third-order valence-corrected chi connectivity index (χ3v) is 5.11. The Bertz CT molecular complexity index is 1260. The molecular weight excluding hydrogens is 333 g/mol.